The average Bonchev–Trinajstić information content (AvgIpc) is 2.96. The van der Waals surface area contributed by atoms with Gasteiger partial charge in [-0.1, -0.05) is 41.5 Å². The zero-order chi connectivity index (χ0) is 17.0. The summed E-state index contributed by atoms with van der Waals surface area (Å²) in [5.74, 6) is 0. The van der Waals surface area contributed by atoms with E-state index in [0.29, 0.717) is 5.71 Å². The van der Waals surface area contributed by atoms with E-state index in [1.165, 1.54) is 16.5 Å². The van der Waals surface area contributed by atoms with Crippen LogP contribution in [0.3, 0.4) is 0 Å². The van der Waals surface area contributed by atoms with E-state index in [1.807, 2.05) is 6.07 Å². The third kappa shape index (κ3) is 2.20. The molecule has 0 N–H and O–H groups in total. The molecule has 2 heterocycles. The Kier molecular flexibility index (Phi) is 2.92. The van der Waals surface area contributed by atoms with Crippen LogP contribution in [-0.2, 0) is 0 Å². The van der Waals surface area contributed by atoms with Gasteiger partial charge in [-0.05, 0) is 48.9 Å². The molecule has 3 nitrogen and oxygen atoms in total. The van der Waals surface area contributed by atoms with Crippen molar-refractivity contribution in [2.24, 2.45) is 0 Å². The monoisotopic (exact) mass is 324 g/mol. The van der Waals surface area contributed by atoms with Crippen molar-refractivity contribution in [1.82, 2.24) is 9.97 Å². The molecular weight excluding hydrogens is 308 g/mol. The first-order chi connectivity index (χ1) is 12.2. The summed E-state index contributed by atoms with van der Waals surface area (Å²) in [5.41, 5.74) is 5.95. The van der Waals surface area contributed by atoms with Crippen LogP contribution in [-0.4, -0.2) is 9.97 Å². The summed E-state index contributed by atoms with van der Waals surface area (Å²) in [5, 5.41) is 4.39. The van der Waals surface area contributed by atoms with E-state index in [1.54, 1.807) is 6.33 Å². The number of furan rings is 1. The van der Waals surface area contributed by atoms with Gasteiger partial charge in [-0.3, -0.25) is 0 Å². The lowest BCUT2D eigenvalue weighted by molar-refractivity contribution is 0.653. The molecule has 5 aromatic rings. The van der Waals surface area contributed by atoms with Crippen LogP contribution in [0.2, 0.25) is 0 Å². The number of hydrogen-bond acceptors (Lipinski definition) is 3. The molecule has 0 saturated heterocycles. The summed E-state index contributed by atoms with van der Waals surface area (Å²) in [7, 11) is 0. The number of fused-ring (bicyclic) bond motifs is 4. The predicted octanol–water partition coefficient (Wildman–Crippen LogP) is 5.81. The molecule has 5 rings (SSSR count). The maximum Gasteiger partial charge on any atom is 0.230 e. The molecule has 0 aliphatic rings. The fourth-order valence-corrected chi connectivity index (χ4v) is 3.62. The fourth-order valence-electron chi connectivity index (χ4n) is 3.62. The van der Waals surface area contributed by atoms with Gasteiger partial charge in [-0.15, -0.1) is 0 Å². The summed E-state index contributed by atoms with van der Waals surface area (Å²) in [6.07, 6.45) is 1.58. The van der Waals surface area contributed by atoms with Crippen molar-refractivity contribution in [2.75, 3.05) is 0 Å². The third-order valence-electron chi connectivity index (χ3n) is 4.63. The van der Waals surface area contributed by atoms with Gasteiger partial charge >= 0.3 is 0 Å². The van der Waals surface area contributed by atoms with Crippen LogP contribution in [0.1, 0.15) is 11.1 Å². The van der Waals surface area contributed by atoms with Crippen molar-refractivity contribution in [3.8, 4) is 11.3 Å². The van der Waals surface area contributed by atoms with Crippen molar-refractivity contribution >= 4 is 32.8 Å². The highest BCUT2D eigenvalue weighted by Crippen LogP contribution is 2.36. The van der Waals surface area contributed by atoms with Crippen LogP contribution in [0.5, 0.6) is 0 Å². The maximum absolute atomic E-state index is 6.03. The zero-order valence-corrected chi connectivity index (χ0v) is 14.1. The Morgan fingerprint density at radius 1 is 0.800 bits per heavy atom. The van der Waals surface area contributed by atoms with Crippen molar-refractivity contribution in [2.45, 2.75) is 13.8 Å². The lowest BCUT2D eigenvalue weighted by Gasteiger charge is -2.05. The third-order valence-corrected chi connectivity index (χ3v) is 4.63. The number of nitrogens with zero attached hydrogens (tertiary/aromatic N) is 2. The lowest BCUT2D eigenvalue weighted by atomic mass is 10.0. The van der Waals surface area contributed by atoms with Crippen LogP contribution >= 0.6 is 0 Å². The number of hydrogen-bond donors (Lipinski definition) is 0. The molecule has 120 valence electrons. The van der Waals surface area contributed by atoms with Gasteiger partial charge < -0.3 is 4.42 Å². The van der Waals surface area contributed by atoms with E-state index in [9.17, 15) is 0 Å². The Morgan fingerprint density at radius 2 is 1.52 bits per heavy atom. The van der Waals surface area contributed by atoms with Crippen LogP contribution in [0.15, 0.2) is 65.3 Å². The van der Waals surface area contributed by atoms with Gasteiger partial charge in [0.2, 0.25) is 5.71 Å². The largest absolute Gasteiger partial charge is 0.438 e. The molecule has 3 aromatic carbocycles. The topological polar surface area (TPSA) is 38.9 Å². The van der Waals surface area contributed by atoms with Crippen molar-refractivity contribution in [3.63, 3.8) is 0 Å². The van der Waals surface area contributed by atoms with Gasteiger partial charge in [0.1, 0.15) is 11.9 Å². The number of aryl methyl sites for hydroxylation is 2. The van der Waals surface area contributed by atoms with E-state index in [-0.39, 0.29) is 0 Å². The normalized spacial score (nSPS) is 11.6. The molecule has 0 atom stereocenters. The molecule has 2 aromatic heterocycles. The van der Waals surface area contributed by atoms with Crippen molar-refractivity contribution < 1.29 is 4.42 Å². The minimum atomic E-state index is 0.634. The Bertz CT molecular complexity index is 1250. The molecular formula is C22H16N2O. The van der Waals surface area contributed by atoms with Crippen molar-refractivity contribution in [3.05, 3.63) is 72.1 Å². The summed E-state index contributed by atoms with van der Waals surface area (Å²) in [4.78, 5) is 8.95. The van der Waals surface area contributed by atoms with E-state index in [2.05, 4.69) is 72.3 Å². The Morgan fingerprint density at radius 3 is 2.28 bits per heavy atom. The number of aromatic nitrogens is 2. The Balaban J connectivity index is 1.92. The Labute approximate surface area is 144 Å². The molecule has 25 heavy (non-hydrogen) atoms. The molecule has 0 saturated carbocycles. The SMILES string of the molecule is Cc1cc(C)cc(-c2ncnc3oc4cc5ccccc5cc4c23)c1. The highest BCUT2D eigenvalue weighted by molar-refractivity contribution is 6.13. The molecule has 0 radical (unpaired) electrons. The van der Waals surface area contributed by atoms with Gasteiger partial charge in [0.05, 0.1) is 11.1 Å². The molecule has 0 bridgehead atoms. The fraction of sp³-hybridized carbons (Fsp3) is 0.0909. The molecule has 3 heteroatoms. The second kappa shape index (κ2) is 5.15. The minimum Gasteiger partial charge on any atom is -0.438 e. The Hall–Kier alpha value is -3.20. The van der Waals surface area contributed by atoms with Gasteiger partial charge in [0, 0.05) is 10.9 Å². The van der Waals surface area contributed by atoms with Gasteiger partial charge in [-0.2, -0.15) is 0 Å². The van der Waals surface area contributed by atoms with E-state index < -0.39 is 0 Å². The minimum absolute atomic E-state index is 0.634. The smallest absolute Gasteiger partial charge is 0.230 e. The van der Waals surface area contributed by atoms with E-state index in [4.69, 9.17) is 4.42 Å². The molecule has 0 unspecified atom stereocenters. The molecule has 0 amide bonds. The van der Waals surface area contributed by atoms with Crippen LogP contribution in [0, 0.1) is 13.8 Å². The average molecular weight is 324 g/mol. The quantitative estimate of drug-likeness (QED) is 0.390. The number of benzene rings is 3. The van der Waals surface area contributed by atoms with Gasteiger partial charge in [-0.25, -0.2) is 9.97 Å². The first-order valence-electron chi connectivity index (χ1n) is 8.34. The van der Waals surface area contributed by atoms with Crippen molar-refractivity contribution in [1.29, 1.82) is 0 Å². The van der Waals surface area contributed by atoms with Crippen LogP contribution in [0.4, 0.5) is 0 Å². The second-order valence-corrected chi connectivity index (χ2v) is 6.58. The highest BCUT2D eigenvalue weighted by Gasteiger charge is 2.16. The zero-order valence-electron chi connectivity index (χ0n) is 14.1. The molecule has 0 aliphatic carbocycles. The highest BCUT2D eigenvalue weighted by atomic mass is 16.3. The maximum atomic E-state index is 6.03. The van der Waals surface area contributed by atoms with Gasteiger partial charge in [0.15, 0.2) is 0 Å². The summed E-state index contributed by atoms with van der Waals surface area (Å²) in [6, 6.07) is 19.1. The van der Waals surface area contributed by atoms with Crippen LogP contribution < -0.4 is 0 Å². The number of rotatable bonds is 1. The molecule has 0 fully saturated rings. The molecule has 0 aliphatic heterocycles. The van der Waals surface area contributed by atoms with Gasteiger partial charge in [0.25, 0.3) is 0 Å². The second-order valence-electron chi connectivity index (χ2n) is 6.58. The lowest BCUT2D eigenvalue weighted by Crippen LogP contribution is -1.89. The van der Waals surface area contributed by atoms with Crippen LogP contribution in [0.25, 0.3) is 44.1 Å². The van der Waals surface area contributed by atoms with E-state index in [0.717, 1.165) is 33.0 Å². The predicted molar refractivity (Wildman–Crippen MR) is 102 cm³/mol. The first kappa shape index (κ1) is 14.2. The summed E-state index contributed by atoms with van der Waals surface area (Å²) >= 11 is 0. The summed E-state index contributed by atoms with van der Waals surface area (Å²) < 4.78 is 6.03. The summed E-state index contributed by atoms with van der Waals surface area (Å²) in [6.45, 7) is 4.21. The molecule has 0 spiro atoms. The van der Waals surface area contributed by atoms with E-state index >= 15 is 0 Å². The first-order valence-corrected chi connectivity index (χ1v) is 8.34. The standard InChI is InChI=1S/C22H16N2O/c1-13-7-14(2)9-17(8-13)21-20-18-10-15-5-3-4-6-16(15)11-19(18)25-22(20)24-12-23-21/h3-12H,1-2H3.